The predicted molar refractivity (Wildman–Crippen MR) is 119 cm³/mol. The fraction of sp³-hybridized carbons (Fsp3) is 0.231. The van der Waals surface area contributed by atoms with E-state index in [9.17, 15) is 9.59 Å². The minimum atomic E-state index is -0.488. The number of esters is 2. The van der Waals surface area contributed by atoms with E-state index in [1.54, 1.807) is 31.4 Å². The van der Waals surface area contributed by atoms with Crippen LogP contribution in [0, 0.1) is 0 Å². The van der Waals surface area contributed by atoms with Crippen LogP contribution in [0.2, 0.25) is 0 Å². The quantitative estimate of drug-likeness (QED) is 0.379. The maximum atomic E-state index is 12.4. The van der Waals surface area contributed by atoms with Crippen LogP contribution in [0.25, 0.3) is 0 Å². The number of ether oxygens (including phenoxy) is 3. The Balaban J connectivity index is 1.75. The normalized spacial score (nSPS) is 12.5. The Bertz CT molecular complexity index is 1040. The summed E-state index contributed by atoms with van der Waals surface area (Å²) in [5, 5.41) is 0. The minimum absolute atomic E-state index is 0.182. The van der Waals surface area contributed by atoms with Crippen LogP contribution in [-0.2, 0) is 10.2 Å². The van der Waals surface area contributed by atoms with E-state index in [1.165, 1.54) is 24.8 Å². The summed E-state index contributed by atoms with van der Waals surface area (Å²) in [5.41, 5.74) is 2.86. The van der Waals surface area contributed by atoms with E-state index in [-0.39, 0.29) is 5.41 Å². The molecule has 31 heavy (non-hydrogen) atoms. The topological polar surface area (TPSA) is 61.8 Å². The molecule has 0 heterocycles. The number of rotatable bonds is 7. The summed E-state index contributed by atoms with van der Waals surface area (Å²) in [6.45, 7) is 4.34. The fourth-order valence-corrected chi connectivity index (χ4v) is 3.45. The number of carbonyl (C=O) groups is 2. The predicted octanol–water partition coefficient (Wildman–Crippen LogP) is 5.42. The van der Waals surface area contributed by atoms with Gasteiger partial charge < -0.3 is 14.2 Å². The summed E-state index contributed by atoms with van der Waals surface area (Å²) in [6, 6.07) is 21.8. The zero-order chi connectivity index (χ0) is 22.4. The first-order valence-electron chi connectivity index (χ1n) is 10.1. The molecule has 1 unspecified atom stereocenters. The summed E-state index contributed by atoms with van der Waals surface area (Å²) in [5.74, 6) is 0.340. The number of carbonyl (C=O) groups excluding carboxylic acids is 2. The Labute approximate surface area is 182 Å². The maximum Gasteiger partial charge on any atom is 0.343 e. The van der Waals surface area contributed by atoms with Crippen molar-refractivity contribution in [2.75, 3.05) is 14.2 Å². The van der Waals surface area contributed by atoms with Crippen molar-refractivity contribution in [3.63, 3.8) is 0 Å². The molecule has 3 aromatic rings. The molecule has 0 aliphatic carbocycles. The zero-order valence-corrected chi connectivity index (χ0v) is 18.2. The number of hydrogen-bond donors (Lipinski definition) is 0. The first kappa shape index (κ1) is 22.1. The van der Waals surface area contributed by atoms with Gasteiger partial charge in [0, 0.05) is 5.41 Å². The third-order valence-corrected chi connectivity index (χ3v) is 5.68. The van der Waals surface area contributed by atoms with E-state index in [1.807, 2.05) is 24.3 Å². The molecule has 0 amide bonds. The maximum absolute atomic E-state index is 12.4. The molecule has 3 rings (SSSR count). The monoisotopic (exact) mass is 418 g/mol. The highest BCUT2D eigenvalue weighted by molar-refractivity contribution is 5.94. The van der Waals surface area contributed by atoms with Gasteiger partial charge in [0.15, 0.2) is 0 Å². The lowest BCUT2D eigenvalue weighted by Gasteiger charge is -2.30. The van der Waals surface area contributed by atoms with Crippen molar-refractivity contribution in [1.29, 1.82) is 0 Å². The smallest absolute Gasteiger partial charge is 0.343 e. The molecule has 1 atom stereocenters. The Hall–Kier alpha value is -3.60. The van der Waals surface area contributed by atoms with Crippen molar-refractivity contribution >= 4 is 11.9 Å². The largest absolute Gasteiger partial charge is 0.497 e. The Morgan fingerprint density at radius 2 is 1.16 bits per heavy atom. The first-order valence-corrected chi connectivity index (χ1v) is 10.1. The van der Waals surface area contributed by atoms with Gasteiger partial charge >= 0.3 is 11.9 Å². The highest BCUT2D eigenvalue weighted by Crippen LogP contribution is 2.36. The van der Waals surface area contributed by atoms with Gasteiger partial charge in [0.1, 0.15) is 11.5 Å². The van der Waals surface area contributed by atoms with Gasteiger partial charge in [-0.1, -0.05) is 38.1 Å². The van der Waals surface area contributed by atoms with Gasteiger partial charge in [0.05, 0.1) is 25.3 Å². The van der Waals surface area contributed by atoms with E-state index in [0.29, 0.717) is 16.9 Å². The zero-order valence-electron chi connectivity index (χ0n) is 18.2. The fourth-order valence-electron chi connectivity index (χ4n) is 3.45. The lowest BCUT2D eigenvalue weighted by atomic mass is 9.74. The molecule has 0 spiro atoms. The molecule has 5 heteroatoms. The van der Waals surface area contributed by atoms with Crippen molar-refractivity contribution in [2.45, 2.75) is 25.7 Å². The molecule has 0 aliphatic heterocycles. The standard InChI is InChI=1S/C26H26O5/c1-5-26(2,20-10-14-22(29-3)15-11-20)21-12-16-23(17-13-21)31-25(28)19-8-6-18(7-9-19)24(27)30-4/h6-17H,5H2,1-4H3. The molecular weight excluding hydrogens is 392 g/mol. The second kappa shape index (κ2) is 9.47. The third-order valence-electron chi connectivity index (χ3n) is 5.68. The highest BCUT2D eigenvalue weighted by atomic mass is 16.5. The van der Waals surface area contributed by atoms with Crippen molar-refractivity contribution in [3.8, 4) is 11.5 Å². The lowest BCUT2D eigenvalue weighted by molar-refractivity contribution is 0.0599. The minimum Gasteiger partial charge on any atom is -0.497 e. The molecule has 0 bridgehead atoms. The van der Waals surface area contributed by atoms with Crippen LogP contribution in [0.15, 0.2) is 72.8 Å². The van der Waals surface area contributed by atoms with Crippen LogP contribution in [0.4, 0.5) is 0 Å². The molecule has 0 saturated heterocycles. The van der Waals surface area contributed by atoms with Crippen LogP contribution in [0.3, 0.4) is 0 Å². The lowest BCUT2D eigenvalue weighted by Crippen LogP contribution is -2.22. The first-order chi connectivity index (χ1) is 14.9. The number of hydrogen-bond acceptors (Lipinski definition) is 5. The van der Waals surface area contributed by atoms with Gasteiger partial charge in [-0.2, -0.15) is 0 Å². The van der Waals surface area contributed by atoms with E-state index in [2.05, 4.69) is 30.7 Å². The van der Waals surface area contributed by atoms with Crippen molar-refractivity contribution in [3.05, 3.63) is 95.1 Å². The Kier molecular flexibility index (Phi) is 6.75. The second-order valence-corrected chi connectivity index (χ2v) is 7.40. The number of methoxy groups -OCH3 is 2. The summed E-state index contributed by atoms with van der Waals surface area (Å²) < 4.78 is 15.4. The molecule has 0 saturated carbocycles. The van der Waals surface area contributed by atoms with Crippen molar-refractivity contribution < 1.29 is 23.8 Å². The summed E-state index contributed by atoms with van der Waals surface area (Å²) in [6.07, 6.45) is 0.908. The number of benzene rings is 3. The molecule has 160 valence electrons. The summed E-state index contributed by atoms with van der Waals surface area (Å²) in [4.78, 5) is 23.9. The SMILES string of the molecule is CCC(C)(c1ccc(OC)cc1)c1ccc(OC(=O)c2ccc(C(=O)OC)cc2)cc1. The van der Waals surface area contributed by atoms with E-state index >= 15 is 0 Å². The van der Waals surface area contributed by atoms with E-state index in [0.717, 1.165) is 17.7 Å². The van der Waals surface area contributed by atoms with E-state index in [4.69, 9.17) is 9.47 Å². The van der Waals surface area contributed by atoms with Gasteiger partial charge in [-0.15, -0.1) is 0 Å². The average molecular weight is 418 g/mol. The van der Waals surface area contributed by atoms with Gasteiger partial charge in [0.2, 0.25) is 0 Å². The molecule has 3 aromatic carbocycles. The van der Waals surface area contributed by atoms with Crippen LogP contribution >= 0.6 is 0 Å². The van der Waals surface area contributed by atoms with E-state index < -0.39 is 11.9 Å². The van der Waals surface area contributed by atoms with Crippen LogP contribution in [0.1, 0.15) is 52.1 Å². The Morgan fingerprint density at radius 1 is 0.710 bits per heavy atom. The molecular formula is C26H26O5. The summed E-state index contributed by atoms with van der Waals surface area (Å²) >= 11 is 0. The third kappa shape index (κ3) is 4.77. The van der Waals surface area contributed by atoms with Gasteiger partial charge in [-0.25, -0.2) is 9.59 Å². The summed E-state index contributed by atoms with van der Waals surface area (Å²) in [7, 11) is 2.97. The molecule has 0 aliphatic rings. The van der Waals surface area contributed by atoms with Gasteiger partial charge in [-0.3, -0.25) is 0 Å². The highest BCUT2D eigenvalue weighted by Gasteiger charge is 2.27. The van der Waals surface area contributed by atoms with Crippen molar-refractivity contribution in [2.24, 2.45) is 0 Å². The van der Waals surface area contributed by atoms with Crippen LogP contribution < -0.4 is 9.47 Å². The second-order valence-electron chi connectivity index (χ2n) is 7.40. The molecule has 0 N–H and O–H groups in total. The van der Waals surface area contributed by atoms with Crippen LogP contribution in [-0.4, -0.2) is 26.2 Å². The molecule has 5 nitrogen and oxygen atoms in total. The Morgan fingerprint density at radius 3 is 1.58 bits per heavy atom. The van der Waals surface area contributed by atoms with Crippen LogP contribution in [0.5, 0.6) is 11.5 Å². The van der Waals surface area contributed by atoms with Gasteiger partial charge in [-0.05, 0) is 66.1 Å². The molecule has 0 radical (unpaired) electrons. The molecule has 0 aromatic heterocycles. The van der Waals surface area contributed by atoms with Gasteiger partial charge in [0.25, 0.3) is 0 Å². The molecule has 0 fully saturated rings. The van der Waals surface area contributed by atoms with Crippen molar-refractivity contribution in [1.82, 2.24) is 0 Å². The average Bonchev–Trinajstić information content (AvgIpc) is 2.83.